The number of aryl methyl sites for hydroxylation is 1. The van der Waals surface area contributed by atoms with Crippen LogP contribution in [0.25, 0.3) is 0 Å². The number of carbonyl (C=O) groups is 2. The van der Waals surface area contributed by atoms with Crippen LogP contribution in [-0.2, 0) is 24.3 Å². The molecule has 4 rings (SSSR count). The highest BCUT2D eigenvalue weighted by Gasteiger charge is 2.25. The summed E-state index contributed by atoms with van der Waals surface area (Å²) < 4.78 is 16.5. The van der Waals surface area contributed by atoms with Crippen LogP contribution in [0.1, 0.15) is 73.7 Å². The summed E-state index contributed by atoms with van der Waals surface area (Å²) in [7, 11) is 0. The van der Waals surface area contributed by atoms with E-state index in [4.69, 9.17) is 13.9 Å². The van der Waals surface area contributed by atoms with E-state index in [0.717, 1.165) is 18.4 Å². The molecule has 2 heterocycles. The van der Waals surface area contributed by atoms with E-state index in [1.54, 1.807) is 22.1 Å². The lowest BCUT2D eigenvalue weighted by atomic mass is 10.0. The Bertz CT molecular complexity index is 1200. The van der Waals surface area contributed by atoms with Crippen molar-refractivity contribution >= 4 is 11.8 Å². The van der Waals surface area contributed by atoms with Gasteiger partial charge in [0.15, 0.2) is 11.5 Å². The van der Waals surface area contributed by atoms with E-state index >= 15 is 0 Å². The van der Waals surface area contributed by atoms with E-state index in [1.807, 2.05) is 48.5 Å². The number of furan rings is 1. The second kappa shape index (κ2) is 13.9. The molecular formula is C32H40N2O5. The Hall–Kier alpha value is -3.74. The highest BCUT2D eigenvalue weighted by molar-refractivity contribution is 5.96. The highest BCUT2D eigenvalue weighted by atomic mass is 16.7. The Morgan fingerprint density at radius 1 is 0.872 bits per heavy atom. The van der Waals surface area contributed by atoms with Gasteiger partial charge in [0.2, 0.25) is 12.7 Å². The average molecular weight is 533 g/mol. The molecule has 1 aromatic heterocycles. The van der Waals surface area contributed by atoms with E-state index in [0.29, 0.717) is 42.5 Å². The summed E-state index contributed by atoms with van der Waals surface area (Å²) in [5.74, 6) is 1.99. The van der Waals surface area contributed by atoms with Gasteiger partial charge in [0.05, 0.1) is 12.8 Å². The number of rotatable bonds is 14. The van der Waals surface area contributed by atoms with Gasteiger partial charge in [0.25, 0.3) is 5.91 Å². The van der Waals surface area contributed by atoms with E-state index in [9.17, 15) is 9.59 Å². The minimum absolute atomic E-state index is 0.0129. The largest absolute Gasteiger partial charge is 0.467 e. The first-order chi connectivity index (χ1) is 18.9. The summed E-state index contributed by atoms with van der Waals surface area (Å²) in [5.41, 5.74) is 2.76. The standard InChI is InChI=1S/C32H40N2O5/c1-4-5-6-7-9-25-11-14-27(15-12-25)32(36)34(19-24(2)3)22-31(35)33(21-28-10-8-17-37-28)20-26-13-16-29-30(18-26)39-23-38-29/h8,10-18,24H,4-7,9,19-23H2,1-3H3. The van der Waals surface area contributed by atoms with Crippen LogP contribution < -0.4 is 9.47 Å². The van der Waals surface area contributed by atoms with Crippen LogP contribution >= 0.6 is 0 Å². The lowest BCUT2D eigenvalue weighted by Crippen LogP contribution is -2.43. The summed E-state index contributed by atoms with van der Waals surface area (Å²) >= 11 is 0. The molecule has 0 unspecified atom stereocenters. The molecule has 1 aliphatic rings. The van der Waals surface area contributed by atoms with Crippen molar-refractivity contribution in [1.82, 2.24) is 9.80 Å². The highest BCUT2D eigenvalue weighted by Crippen LogP contribution is 2.33. The zero-order chi connectivity index (χ0) is 27.6. The molecule has 1 aliphatic heterocycles. The van der Waals surface area contributed by atoms with Gasteiger partial charge in [-0.25, -0.2) is 0 Å². The fourth-order valence-corrected chi connectivity index (χ4v) is 4.76. The quantitative estimate of drug-likeness (QED) is 0.223. The van der Waals surface area contributed by atoms with Gasteiger partial charge in [-0.05, 0) is 66.3 Å². The molecule has 2 amide bonds. The molecule has 39 heavy (non-hydrogen) atoms. The molecule has 0 radical (unpaired) electrons. The number of benzene rings is 2. The molecule has 0 aliphatic carbocycles. The molecule has 0 spiro atoms. The third-order valence-electron chi connectivity index (χ3n) is 6.81. The Balaban J connectivity index is 1.47. The monoisotopic (exact) mass is 532 g/mol. The lowest BCUT2D eigenvalue weighted by Gasteiger charge is -2.28. The van der Waals surface area contributed by atoms with Gasteiger partial charge in [0.1, 0.15) is 12.3 Å². The van der Waals surface area contributed by atoms with Gasteiger partial charge < -0.3 is 23.7 Å². The molecule has 0 N–H and O–H groups in total. The molecule has 3 aromatic rings. The smallest absolute Gasteiger partial charge is 0.254 e. The van der Waals surface area contributed by atoms with Crippen molar-refractivity contribution < 1.29 is 23.5 Å². The SMILES string of the molecule is CCCCCCc1ccc(C(=O)N(CC(=O)N(Cc2ccc3c(c2)OCO3)Cc2ccco2)CC(C)C)cc1. The number of amides is 2. The van der Waals surface area contributed by atoms with Gasteiger partial charge in [-0.2, -0.15) is 0 Å². The number of carbonyl (C=O) groups excluding carboxylic acids is 2. The molecule has 0 saturated carbocycles. The molecule has 0 saturated heterocycles. The third-order valence-corrected chi connectivity index (χ3v) is 6.81. The molecule has 0 fully saturated rings. The van der Waals surface area contributed by atoms with Gasteiger partial charge in [-0.1, -0.05) is 58.2 Å². The van der Waals surface area contributed by atoms with E-state index in [-0.39, 0.29) is 31.1 Å². The van der Waals surface area contributed by atoms with Crippen LogP contribution in [0.3, 0.4) is 0 Å². The predicted molar refractivity (Wildman–Crippen MR) is 151 cm³/mol. The summed E-state index contributed by atoms with van der Waals surface area (Å²) in [6.07, 6.45) is 7.46. The lowest BCUT2D eigenvalue weighted by molar-refractivity contribution is -0.133. The average Bonchev–Trinajstić information content (AvgIpc) is 3.62. The first kappa shape index (κ1) is 28.3. The maximum atomic E-state index is 13.7. The van der Waals surface area contributed by atoms with Crippen LogP contribution in [0.2, 0.25) is 0 Å². The minimum atomic E-state index is -0.148. The van der Waals surface area contributed by atoms with Crippen LogP contribution in [0.15, 0.2) is 65.3 Å². The zero-order valence-electron chi connectivity index (χ0n) is 23.4. The van der Waals surface area contributed by atoms with Crippen molar-refractivity contribution in [3.05, 3.63) is 83.3 Å². The van der Waals surface area contributed by atoms with Crippen LogP contribution in [0, 0.1) is 5.92 Å². The fourth-order valence-electron chi connectivity index (χ4n) is 4.76. The van der Waals surface area contributed by atoms with Crippen molar-refractivity contribution in [3.63, 3.8) is 0 Å². The predicted octanol–water partition coefficient (Wildman–Crippen LogP) is 6.46. The zero-order valence-corrected chi connectivity index (χ0v) is 23.4. The summed E-state index contributed by atoms with van der Waals surface area (Å²) in [6.45, 7) is 7.64. The fraction of sp³-hybridized carbons (Fsp3) is 0.438. The van der Waals surface area contributed by atoms with Crippen molar-refractivity contribution in [3.8, 4) is 11.5 Å². The Labute approximate surface area is 231 Å². The Morgan fingerprint density at radius 2 is 1.64 bits per heavy atom. The minimum Gasteiger partial charge on any atom is -0.467 e. The second-order valence-electron chi connectivity index (χ2n) is 10.6. The van der Waals surface area contributed by atoms with Crippen molar-refractivity contribution in [2.24, 2.45) is 5.92 Å². The number of fused-ring (bicyclic) bond motifs is 1. The summed E-state index contributed by atoms with van der Waals surface area (Å²) in [6, 6.07) is 17.2. The second-order valence-corrected chi connectivity index (χ2v) is 10.6. The van der Waals surface area contributed by atoms with Crippen molar-refractivity contribution in [2.75, 3.05) is 19.9 Å². The first-order valence-corrected chi connectivity index (χ1v) is 14.0. The van der Waals surface area contributed by atoms with Crippen LogP contribution in [-0.4, -0.2) is 41.5 Å². The van der Waals surface area contributed by atoms with Crippen molar-refractivity contribution in [1.29, 1.82) is 0 Å². The topological polar surface area (TPSA) is 72.2 Å². The number of hydrogen-bond acceptors (Lipinski definition) is 5. The summed E-state index contributed by atoms with van der Waals surface area (Å²) in [5, 5.41) is 0. The number of nitrogens with zero attached hydrogens (tertiary/aromatic N) is 2. The first-order valence-electron chi connectivity index (χ1n) is 14.0. The number of hydrogen-bond donors (Lipinski definition) is 0. The Kier molecular flexibility index (Phi) is 10.1. The Morgan fingerprint density at radius 3 is 2.36 bits per heavy atom. The number of unbranched alkanes of at least 4 members (excludes halogenated alkanes) is 3. The molecular weight excluding hydrogens is 492 g/mol. The van der Waals surface area contributed by atoms with Crippen LogP contribution in [0.5, 0.6) is 11.5 Å². The van der Waals surface area contributed by atoms with E-state index in [1.165, 1.54) is 24.8 Å². The van der Waals surface area contributed by atoms with Gasteiger partial charge in [-0.15, -0.1) is 0 Å². The van der Waals surface area contributed by atoms with E-state index < -0.39 is 0 Å². The maximum absolute atomic E-state index is 13.7. The normalized spacial score (nSPS) is 12.1. The van der Waals surface area contributed by atoms with Gasteiger partial charge in [0, 0.05) is 18.7 Å². The molecule has 208 valence electrons. The van der Waals surface area contributed by atoms with Gasteiger partial charge in [-0.3, -0.25) is 9.59 Å². The molecule has 7 nitrogen and oxygen atoms in total. The van der Waals surface area contributed by atoms with E-state index in [2.05, 4.69) is 20.8 Å². The third kappa shape index (κ3) is 8.12. The van der Waals surface area contributed by atoms with Gasteiger partial charge >= 0.3 is 0 Å². The van der Waals surface area contributed by atoms with Crippen LogP contribution in [0.4, 0.5) is 0 Å². The molecule has 0 atom stereocenters. The molecule has 7 heteroatoms. The maximum Gasteiger partial charge on any atom is 0.254 e. The number of ether oxygens (including phenoxy) is 2. The summed E-state index contributed by atoms with van der Waals surface area (Å²) in [4.78, 5) is 30.6. The van der Waals surface area contributed by atoms with Crippen molar-refractivity contribution in [2.45, 2.75) is 66.0 Å². The molecule has 2 aromatic carbocycles. The molecule has 0 bridgehead atoms.